The normalized spacial score (nSPS) is 10.6. The van der Waals surface area contributed by atoms with E-state index < -0.39 is 0 Å². The lowest BCUT2D eigenvalue weighted by atomic mass is 10.0. The SMILES string of the molecule is COC(=O)Cc1c(C)nc2ccccc2c1Nc1ccccc1F. The Kier molecular flexibility index (Phi) is 4.42. The fourth-order valence-electron chi connectivity index (χ4n) is 2.65. The average molecular weight is 324 g/mol. The maximum Gasteiger partial charge on any atom is 0.310 e. The van der Waals surface area contributed by atoms with Gasteiger partial charge in [-0.3, -0.25) is 9.78 Å². The molecular weight excluding hydrogens is 307 g/mol. The van der Waals surface area contributed by atoms with E-state index in [9.17, 15) is 9.18 Å². The van der Waals surface area contributed by atoms with Crippen molar-refractivity contribution in [3.8, 4) is 0 Å². The minimum atomic E-state index is -0.369. The maximum absolute atomic E-state index is 14.1. The van der Waals surface area contributed by atoms with Crippen molar-refractivity contribution in [2.24, 2.45) is 0 Å². The molecule has 0 unspecified atom stereocenters. The van der Waals surface area contributed by atoms with Crippen molar-refractivity contribution in [2.45, 2.75) is 13.3 Å². The molecule has 3 rings (SSSR count). The molecule has 0 radical (unpaired) electrons. The number of anilines is 2. The summed E-state index contributed by atoms with van der Waals surface area (Å²) in [6.45, 7) is 1.83. The Morgan fingerprint density at radius 1 is 1.17 bits per heavy atom. The smallest absolute Gasteiger partial charge is 0.310 e. The number of benzene rings is 2. The molecule has 0 saturated carbocycles. The zero-order chi connectivity index (χ0) is 17.1. The first-order valence-electron chi connectivity index (χ1n) is 7.56. The van der Waals surface area contributed by atoms with Gasteiger partial charge in [-0.2, -0.15) is 0 Å². The number of fused-ring (bicyclic) bond motifs is 1. The van der Waals surface area contributed by atoms with E-state index in [0.717, 1.165) is 10.9 Å². The van der Waals surface area contributed by atoms with Gasteiger partial charge in [0, 0.05) is 16.6 Å². The highest BCUT2D eigenvalue weighted by Crippen LogP contribution is 2.32. The van der Waals surface area contributed by atoms with Gasteiger partial charge in [-0.25, -0.2) is 4.39 Å². The van der Waals surface area contributed by atoms with Gasteiger partial charge in [0.05, 0.1) is 30.4 Å². The molecule has 0 aliphatic rings. The van der Waals surface area contributed by atoms with Gasteiger partial charge in [-0.05, 0) is 25.1 Å². The van der Waals surface area contributed by atoms with Crippen molar-refractivity contribution in [3.05, 3.63) is 65.6 Å². The molecule has 0 saturated heterocycles. The molecule has 1 heterocycles. The van der Waals surface area contributed by atoms with E-state index in [1.54, 1.807) is 18.2 Å². The largest absolute Gasteiger partial charge is 0.469 e. The van der Waals surface area contributed by atoms with Crippen molar-refractivity contribution in [1.82, 2.24) is 4.98 Å². The predicted molar refractivity (Wildman–Crippen MR) is 91.9 cm³/mol. The lowest BCUT2D eigenvalue weighted by Crippen LogP contribution is -2.10. The number of nitrogens with one attached hydrogen (secondary N) is 1. The third-order valence-corrected chi connectivity index (χ3v) is 3.88. The van der Waals surface area contributed by atoms with Crippen LogP contribution in [0.4, 0.5) is 15.8 Å². The number of hydrogen-bond acceptors (Lipinski definition) is 4. The third kappa shape index (κ3) is 3.06. The molecule has 24 heavy (non-hydrogen) atoms. The summed E-state index contributed by atoms with van der Waals surface area (Å²) in [4.78, 5) is 16.3. The Morgan fingerprint density at radius 3 is 2.62 bits per heavy atom. The van der Waals surface area contributed by atoms with E-state index in [1.807, 2.05) is 31.2 Å². The second-order valence-corrected chi connectivity index (χ2v) is 5.43. The Hall–Kier alpha value is -2.95. The standard InChI is InChI=1S/C19H17FN2O2/c1-12-14(11-18(23)24-2)19(13-7-3-5-9-16(13)21-12)22-17-10-6-4-8-15(17)20/h3-10H,11H2,1-2H3,(H,21,22). The zero-order valence-electron chi connectivity index (χ0n) is 13.5. The van der Waals surface area contributed by atoms with Gasteiger partial charge < -0.3 is 10.1 Å². The molecule has 0 aliphatic heterocycles. The molecule has 4 nitrogen and oxygen atoms in total. The van der Waals surface area contributed by atoms with Crippen molar-refractivity contribution in [2.75, 3.05) is 12.4 Å². The van der Waals surface area contributed by atoms with Crippen molar-refractivity contribution in [1.29, 1.82) is 0 Å². The maximum atomic E-state index is 14.1. The van der Waals surface area contributed by atoms with E-state index in [1.165, 1.54) is 13.2 Å². The van der Waals surface area contributed by atoms with Gasteiger partial charge >= 0.3 is 5.97 Å². The number of esters is 1. The molecule has 122 valence electrons. The molecule has 3 aromatic rings. The number of halogens is 1. The van der Waals surface area contributed by atoms with Crippen LogP contribution >= 0.6 is 0 Å². The number of rotatable bonds is 4. The van der Waals surface area contributed by atoms with Crippen molar-refractivity contribution < 1.29 is 13.9 Å². The lowest BCUT2D eigenvalue weighted by molar-refractivity contribution is -0.139. The van der Waals surface area contributed by atoms with Gasteiger partial charge in [0.1, 0.15) is 5.82 Å². The number of carbonyl (C=O) groups excluding carboxylic acids is 1. The number of carbonyl (C=O) groups is 1. The summed E-state index contributed by atoms with van der Waals surface area (Å²) >= 11 is 0. The number of methoxy groups -OCH3 is 1. The summed E-state index contributed by atoms with van der Waals surface area (Å²) in [5, 5.41) is 3.96. The Balaban J connectivity index is 2.19. The van der Waals surface area contributed by atoms with E-state index in [-0.39, 0.29) is 18.2 Å². The molecule has 0 atom stereocenters. The number of nitrogens with zero attached hydrogens (tertiary/aromatic N) is 1. The Morgan fingerprint density at radius 2 is 1.88 bits per heavy atom. The third-order valence-electron chi connectivity index (χ3n) is 3.88. The van der Waals surface area contributed by atoms with Crippen molar-refractivity contribution in [3.63, 3.8) is 0 Å². The minimum absolute atomic E-state index is 0.0664. The van der Waals surface area contributed by atoms with Crippen LogP contribution in [0.5, 0.6) is 0 Å². The fraction of sp³-hybridized carbons (Fsp3) is 0.158. The number of para-hydroxylation sites is 2. The Labute approximate surface area is 139 Å². The van der Waals surface area contributed by atoms with Gasteiger partial charge in [0.2, 0.25) is 0 Å². The van der Waals surface area contributed by atoms with Crippen LogP contribution in [0.25, 0.3) is 10.9 Å². The summed E-state index contributed by atoms with van der Waals surface area (Å²) in [5.41, 5.74) is 3.21. The second kappa shape index (κ2) is 6.66. The first-order valence-corrected chi connectivity index (χ1v) is 7.56. The summed E-state index contributed by atoms with van der Waals surface area (Å²) in [6, 6.07) is 14.0. The number of aromatic nitrogens is 1. The molecule has 0 spiro atoms. The summed E-state index contributed by atoms with van der Waals surface area (Å²) in [5.74, 6) is -0.730. The summed E-state index contributed by atoms with van der Waals surface area (Å²) in [7, 11) is 1.34. The van der Waals surface area contributed by atoms with Gasteiger partial charge in [-0.15, -0.1) is 0 Å². The molecule has 5 heteroatoms. The first kappa shape index (κ1) is 15.9. The molecule has 0 fully saturated rings. The van der Waals surface area contributed by atoms with Crippen molar-refractivity contribution >= 4 is 28.2 Å². The molecule has 1 N–H and O–H groups in total. The van der Waals surface area contributed by atoms with Crippen LogP contribution in [0.15, 0.2) is 48.5 Å². The monoisotopic (exact) mass is 324 g/mol. The highest BCUT2D eigenvalue weighted by atomic mass is 19.1. The summed E-state index contributed by atoms with van der Waals surface area (Å²) < 4.78 is 18.8. The number of ether oxygens (including phenoxy) is 1. The van der Waals surface area contributed by atoms with E-state index in [0.29, 0.717) is 22.6 Å². The fourth-order valence-corrected chi connectivity index (χ4v) is 2.65. The van der Waals surface area contributed by atoms with E-state index >= 15 is 0 Å². The minimum Gasteiger partial charge on any atom is -0.469 e. The Bertz CT molecular complexity index is 909. The van der Waals surface area contributed by atoms with Gasteiger partial charge in [0.15, 0.2) is 0 Å². The van der Waals surface area contributed by atoms with Crippen LogP contribution in [0.1, 0.15) is 11.3 Å². The quantitative estimate of drug-likeness (QED) is 0.733. The summed E-state index contributed by atoms with van der Waals surface area (Å²) in [6.07, 6.45) is 0.0664. The zero-order valence-corrected chi connectivity index (χ0v) is 13.5. The van der Waals surface area contributed by atoms with Crippen LogP contribution in [0.3, 0.4) is 0 Å². The topological polar surface area (TPSA) is 51.2 Å². The molecule has 1 aromatic heterocycles. The molecule has 0 aliphatic carbocycles. The van der Waals surface area contributed by atoms with Crippen LogP contribution in [-0.4, -0.2) is 18.1 Å². The number of pyridine rings is 1. The van der Waals surface area contributed by atoms with Crippen LogP contribution in [0.2, 0.25) is 0 Å². The van der Waals surface area contributed by atoms with Gasteiger partial charge in [-0.1, -0.05) is 30.3 Å². The molecular formula is C19H17FN2O2. The highest BCUT2D eigenvalue weighted by molar-refractivity contribution is 5.96. The lowest BCUT2D eigenvalue weighted by Gasteiger charge is -2.17. The number of aryl methyl sites for hydroxylation is 1. The van der Waals surface area contributed by atoms with Crippen LogP contribution < -0.4 is 5.32 Å². The van der Waals surface area contributed by atoms with Gasteiger partial charge in [0.25, 0.3) is 0 Å². The molecule has 0 bridgehead atoms. The predicted octanol–water partition coefficient (Wildman–Crippen LogP) is 4.14. The second-order valence-electron chi connectivity index (χ2n) is 5.43. The van der Waals surface area contributed by atoms with Crippen LogP contribution in [0, 0.1) is 12.7 Å². The number of hydrogen-bond donors (Lipinski definition) is 1. The van der Waals surface area contributed by atoms with E-state index in [4.69, 9.17) is 4.74 Å². The highest BCUT2D eigenvalue weighted by Gasteiger charge is 2.17. The van der Waals surface area contributed by atoms with E-state index in [2.05, 4.69) is 10.3 Å². The van der Waals surface area contributed by atoms with Crippen LogP contribution in [-0.2, 0) is 16.0 Å². The molecule has 2 aromatic carbocycles. The molecule has 0 amide bonds. The first-order chi connectivity index (χ1) is 11.6. The average Bonchev–Trinajstić information content (AvgIpc) is 2.59.